The highest BCUT2D eigenvalue weighted by molar-refractivity contribution is 5.98. The fourth-order valence-electron chi connectivity index (χ4n) is 1.60. The minimum Gasteiger partial charge on any atom is -0.508 e. The number of hydrogen-bond acceptors (Lipinski definition) is 3. The summed E-state index contributed by atoms with van der Waals surface area (Å²) in [6.07, 6.45) is 0. The van der Waals surface area contributed by atoms with Crippen molar-refractivity contribution in [2.45, 2.75) is 13.0 Å². The van der Waals surface area contributed by atoms with E-state index in [0.29, 0.717) is 12.2 Å². The summed E-state index contributed by atoms with van der Waals surface area (Å²) in [6.45, 7) is 2.24. The number of benzene rings is 1. The number of fused-ring (bicyclic) bond motifs is 1. The molecule has 1 amide bonds. The van der Waals surface area contributed by atoms with Gasteiger partial charge in [-0.05, 0) is 25.1 Å². The Kier molecular flexibility index (Phi) is 3.01. The van der Waals surface area contributed by atoms with Crippen molar-refractivity contribution < 1.29 is 9.90 Å². The van der Waals surface area contributed by atoms with Crippen molar-refractivity contribution in [3.05, 3.63) is 30.0 Å². The standard InChI is InChI=1S/C12H15N3O2/c1-7(6-13)14-12(17)11-4-8-2-3-9(16)5-10(8)15-11/h2-5,7,15-16H,6,13H2,1H3,(H,14,17). The van der Waals surface area contributed by atoms with E-state index in [0.717, 1.165) is 10.9 Å². The summed E-state index contributed by atoms with van der Waals surface area (Å²) >= 11 is 0. The second-order valence-corrected chi connectivity index (χ2v) is 4.06. The maximum atomic E-state index is 11.8. The van der Waals surface area contributed by atoms with Crippen LogP contribution in [0.3, 0.4) is 0 Å². The van der Waals surface area contributed by atoms with Crippen LogP contribution in [-0.2, 0) is 0 Å². The lowest BCUT2D eigenvalue weighted by molar-refractivity contribution is 0.0937. The van der Waals surface area contributed by atoms with Gasteiger partial charge in [-0.3, -0.25) is 4.79 Å². The number of carbonyl (C=O) groups is 1. The maximum Gasteiger partial charge on any atom is 0.267 e. The highest BCUT2D eigenvalue weighted by Crippen LogP contribution is 2.20. The molecule has 1 unspecified atom stereocenters. The Labute approximate surface area is 98.6 Å². The van der Waals surface area contributed by atoms with Gasteiger partial charge in [0.1, 0.15) is 11.4 Å². The van der Waals surface area contributed by atoms with Crippen LogP contribution in [0.5, 0.6) is 5.75 Å². The zero-order valence-corrected chi connectivity index (χ0v) is 9.53. The Morgan fingerprint density at radius 3 is 3.00 bits per heavy atom. The lowest BCUT2D eigenvalue weighted by Crippen LogP contribution is -2.37. The molecule has 1 aromatic carbocycles. The number of nitrogens with one attached hydrogen (secondary N) is 2. The molecule has 5 heteroatoms. The molecule has 0 aliphatic carbocycles. The molecule has 0 aliphatic heterocycles. The zero-order valence-electron chi connectivity index (χ0n) is 9.53. The van der Waals surface area contributed by atoms with Crippen molar-refractivity contribution in [1.29, 1.82) is 0 Å². The van der Waals surface area contributed by atoms with Gasteiger partial charge in [0.25, 0.3) is 5.91 Å². The zero-order chi connectivity index (χ0) is 12.4. The summed E-state index contributed by atoms with van der Waals surface area (Å²) in [5.74, 6) is -0.0275. The van der Waals surface area contributed by atoms with Gasteiger partial charge in [0.15, 0.2) is 0 Å². The van der Waals surface area contributed by atoms with Gasteiger partial charge in [0, 0.05) is 29.6 Å². The third-order valence-electron chi connectivity index (χ3n) is 2.58. The molecule has 0 saturated carbocycles. The Hall–Kier alpha value is -2.01. The fourth-order valence-corrected chi connectivity index (χ4v) is 1.60. The Morgan fingerprint density at radius 2 is 2.29 bits per heavy atom. The molecule has 1 atom stereocenters. The number of rotatable bonds is 3. The van der Waals surface area contributed by atoms with E-state index in [9.17, 15) is 9.90 Å². The van der Waals surface area contributed by atoms with Crippen LogP contribution in [0.1, 0.15) is 17.4 Å². The molecule has 17 heavy (non-hydrogen) atoms. The summed E-state index contributed by atoms with van der Waals surface area (Å²) in [4.78, 5) is 14.8. The number of phenolic OH excluding ortho intramolecular Hbond substituents is 1. The van der Waals surface area contributed by atoms with Crippen LogP contribution in [0, 0.1) is 0 Å². The van der Waals surface area contributed by atoms with Crippen molar-refractivity contribution in [1.82, 2.24) is 10.3 Å². The second-order valence-electron chi connectivity index (χ2n) is 4.06. The van der Waals surface area contributed by atoms with Crippen LogP contribution in [0.2, 0.25) is 0 Å². The number of amides is 1. The largest absolute Gasteiger partial charge is 0.508 e. The Morgan fingerprint density at radius 1 is 1.53 bits per heavy atom. The van der Waals surface area contributed by atoms with E-state index in [1.165, 1.54) is 0 Å². The molecule has 0 saturated heterocycles. The summed E-state index contributed by atoms with van der Waals surface area (Å²) in [6, 6.07) is 6.60. The number of phenols is 1. The van der Waals surface area contributed by atoms with E-state index < -0.39 is 0 Å². The van der Waals surface area contributed by atoms with E-state index in [-0.39, 0.29) is 17.7 Å². The van der Waals surface area contributed by atoms with E-state index in [1.54, 1.807) is 24.3 Å². The van der Waals surface area contributed by atoms with Crippen LogP contribution in [0.4, 0.5) is 0 Å². The number of hydrogen-bond donors (Lipinski definition) is 4. The van der Waals surface area contributed by atoms with Gasteiger partial charge >= 0.3 is 0 Å². The maximum absolute atomic E-state index is 11.8. The smallest absolute Gasteiger partial charge is 0.267 e. The van der Waals surface area contributed by atoms with Gasteiger partial charge < -0.3 is 21.1 Å². The first-order chi connectivity index (χ1) is 8.10. The predicted octanol–water partition coefficient (Wildman–Crippen LogP) is 0.950. The molecule has 1 aromatic heterocycles. The van der Waals surface area contributed by atoms with Gasteiger partial charge in [0.05, 0.1) is 0 Å². The van der Waals surface area contributed by atoms with Gasteiger partial charge in [-0.25, -0.2) is 0 Å². The van der Waals surface area contributed by atoms with Crippen molar-refractivity contribution in [2.24, 2.45) is 5.73 Å². The summed E-state index contributed by atoms with van der Waals surface area (Å²) in [5.41, 5.74) is 6.63. The highest BCUT2D eigenvalue weighted by atomic mass is 16.3. The molecule has 90 valence electrons. The van der Waals surface area contributed by atoms with E-state index in [1.807, 2.05) is 6.92 Å². The van der Waals surface area contributed by atoms with Crippen molar-refractivity contribution in [2.75, 3.05) is 6.54 Å². The molecule has 2 rings (SSSR count). The number of nitrogens with two attached hydrogens (primary N) is 1. The third-order valence-corrected chi connectivity index (χ3v) is 2.58. The molecule has 5 N–H and O–H groups in total. The van der Waals surface area contributed by atoms with Crippen molar-refractivity contribution in [3.63, 3.8) is 0 Å². The van der Waals surface area contributed by atoms with Gasteiger partial charge in [-0.1, -0.05) is 0 Å². The van der Waals surface area contributed by atoms with Gasteiger partial charge in [0.2, 0.25) is 0 Å². The predicted molar refractivity (Wildman–Crippen MR) is 65.9 cm³/mol. The second kappa shape index (κ2) is 4.47. The fraction of sp³-hybridized carbons (Fsp3) is 0.250. The molecule has 2 aromatic rings. The lowest BCUT2D eigenvalue weighted by atomic mass is 10.2. The van der Waals surface area contributed by atoms with E-state index in [2.05, 4.69) is 10.3 Å². The normalized spacial score (nSPS) is 12.6. The van der Waals surface area contributed by atoms with Crippen LogP contribution in [-0.4, -0.2) is 28.6 Å². The summed E-state index contributed by atoms with van der Waals surface area (Å²) < 4.78 is 0. The topological polar surface area (TPSA) is 91.1 Å². The van der Waals surface area contributed by atoms with Crippen LogP contribution in [0.15, 0.2) is 24.3 Å². The molecule has 0 fully saturated rings. The van der Waals surface area contributed by atoms with Crippen LogP contribution >= 0.6 is 0 Å². The molecular weight excluding hydrogens is 218 g/mol. The molecule has 5 nitrogen and oxygen atoms in total. The van der Waals surface area contributed by atoms with Crippen LogP contribution < -0.4 is 11.1 Å². The first-order valence-corrected chi connectivity index (χ1v) is 5.43. The Balaban J connectivity index is 2.27. The minimum absolute atomic E-state index is 0.0673. The Bertz CT molecular complexity index is 548. The molecule has 0 aliphatic rings. The van der Waals surface area contributed by atoms with Crippen LogP contribution in [0.25, 0.3) is 10.9 Å². The molecule has 1 heterocycles. The van der Waals surface area contributed by atoms with Gasteiger partial charge in [-0.15, -0.1) is 0 Å². The molecule has 0 spiro atoms. The SMILES string of the molecule is CC(CN)NC(=O)c1cc2ccc(O)cc2[nH]1. The average molecular weight is 233 g/mol. The monoisotopic (exact) mass is 233 g/mol. The van der Waals surface area contributed by atoms with E-state index in [4.69, 9.17) is 5.73 Å². The summed E-state index contributed by atoms with van der Waals surface area (Å²) in [7, 11) is 0. The quantitative estimate of drug-likeness (QED) is 0.636. The third kappa shape index (κ3) is 2.39. The van der Waals surface area contributed by atoms with Gasteiger partial charge in [-0.2, -0.15) is 0 Å². The first-order valence-electron chi connectivity index (χ1n) is 5.43. The number of aromatic hydroxyl groups is 1. The molecular formula is C12H15N3O2. The van der Waals surface area contributed by atoms with Crippen molar-refractivity contribution >= 4 is 16.8 Å². The van der Waals surface area contributed by atoms with E-state index >= 15 is 0 Å². The number of carbonyl (C=O) groups excluding carboxylic acids is 1. The molecule has 0 bridgehead atoms. The molecule has 0 radical (unpaired) electrons. The number of aromatic nitrogens is 1. The lowest BCUT2D eigenvalue weighted by Gasteiger charge is -2.09. The average Bonchev–Trinajstić information content (AvgIpc) is 2.71. The highest BCUT2D eigenvalue weighted by Gasteiger charge is 2.11. The number of H-pyrrole nitrogens is 1. The summed E-state index contributed by atoms with van der Waals surface area (Å²) in [5, 5.41) is 13.0. The van der Waals surface area contributed by atoms with Crippen molar-refractivity contribution in [3.8, 4) is 5.75 Å². The minimum atomic E-state index is -0.196. The number of aromatic amines is 1. The first kappa shape index (κ1) is 11.5.